The molecular formula is C19H24N2O3S2. The molecule has 2 N–H and O–H groups in total. The van der Waals surface area contributed by atoms with Gasteiger partial charge in [0.05, 0.1) is 5.75 Å². The Bertz CT molecular complexity index is 834. The molecule has 26 heavy (non-hydrogen) atoms. The highest BCUT2D eigenvalue weighted by atomic mass is 32.2. The van der Waals surface area contributed by atoms with Gasteiger partial charge in [-0.25, -0.2) is 8.42 Å². The van der Waals surface area contributed by atoms with Gasteiger partial charge in [-0.3, -0.25) is 9.52 Å². The summed E-state index contributed by atoms with van der Waals surface area (Å²) in [6, 6.07) is 14.7. The maximum atomic E-state index is 12.1. The van der Waals surface area contributed by atoms with Gasteiger partial charge in [0.25, 0.3) is 5.91 Å². The van der Waals surface area contributed by atoms with Crippen LogP contribution in [0, 0.1) is 6.92 Å². The zero-order valence-corrected chi connectivity index (χ0v) is 16.6. The summed E-state index contributed by atoms with van der Waals surface area (Å²) in [7, 11) is -3.31. The molecule has 0 atom stereocenters. The first-order valence-electron chi connectivity index (χ1n) is 8.42. The van der Waals surface area contributed by atoms with Crippen molar-refractivity contribution in [2.24, 2.45) is 0 Å². The molecule has 5 nitrogen and oxygen atoms in total. The summed E-state index contributed by atoms with van der Waals surface area (Å²) >= 11 is 1.78. The van der Waals surface area contributed by atoms with Gasteiger partial charge in [-0.15, -0.1) is 0 Å². The summed E-state index contributed by atoms with van der Waals surface area (Å²) in [5.74, 6) is 1.60. The summed E-state index contributed by atoms with van der Waals surface area (Å²) in [6.07, 6.45) is 0. The van der Waals surface area contributed by atoms with Crippen LogP contribution in [0.3, 0.4) is 0 Å². The van der Waals surface area contributed by atoms with Gasteiger partial charge in [0.15, 0.2) is 0 Å². The minimum absolute atomic E-state index is 0.00934. The zero-order chi connectivity index (χ0) is 19.0. The first-order valence-corrected chi connectivity index (χ1v) is 11.2. The number of amides is 1. The van der Waals surface area contributed by atoms with E-state index in [2.05, 4.69) is 29.1 Å². The molecule has 0 saturated carbocycles. The van der Waals surface area contributed by atoms with Crippen LogP contribution in [0.5, 0.6) is 0 Å². The molecule has 0 heterocycles. The Morgan fingerprint density at radius 2 is 1.77 bits per heavy atom. The van der Waals surface area contributed by atoms with Crippen molar-refractivity contribution in [3.8, 4) is 0 Å². The number of thioether (sulfide) groups is 1. The fourth-order valence-electron chi connectivity index (χ4n) is 2.23. The van der Waals surface area contributed by atoms with Gasteiger partial charge in [0, 0.05) is 29.3 Å². The van der Waals surface area contributed by atoms with E-state index in [1.165, 1.54) is 11.1 Å². The first-order chi connectivity index (χ1) is 12.4. The maximum Gasteiger partial charge on any atom is 0.251 e. The number of benzene rings is 2. The molecule has 0 radical (unpaired) electrons. The first kappa shape index (κ1) is 20.3. The van der Waals surface area contributed by atoms with Crippen LogP contribution in [0.25, 0.3) is 0 Å². The summed E-state index contributed by atoms with van der Waals surface area (Å²) in [4.78, 5) is 12.1. The monoisotopic (exact) mass is 392 g/mol. The van der Waals surface area contributed by atoms with E-state index in [0.29, 0.717) is 17.8 Å². The SMILES string of the molecule is CCS(=O)(=O)Nc1ccc(C(=O)NCCSCc2ccccc2C)cc1. The fourth-order valence-corrected chi connectivity index (χ4v) is 3.81. The smallest absolute Gasteiger partial charge is 0.251 e. The van der Waals surface area contributed by atoms with Gasteiger partial charge < -0.3 is 5.32 Å². The van der Waals surface area contributed by atoms with E-state index in [-0.39, 0.29) is 11.7 Å². The highest BCUT2D eigenvalue weighted by Crippen LogP contribution is 2.15. The number of nitrogens with one attached hydrogen (secondary N) is 2. The minimum Gasteiger partial charge on any atom is -0.351 e. The second kappa shape index (κ2) is 9.64. The third-order valence-corrected chi connectivity index (χ3v) is 6.17. The van der Waals surface area contributed by atoms with Gasteiger partial charge in [0.1, 0.15) is 0 Å². The third kappa shape index (κ3) is 6.38. The molecule has 0 saturated heterocycles. The Hall–Kier alpha value is -1.99. The Morgan fingerprint density at radius 1 is 1.08 bits per heavy atom. The van der Waals surface area contributed by atoms with Gasteiger partial charge >= 0.3 is 0 Å². The lowest BCUT2D eigenvalue weighted by molar-refractivity contribution is 0.0956. The molecule has 2 aromatic carbocycles. The predicted octanol–water partition coefficient (Wildman–Crippen LogP) is 3.42. The van der Waals surface area contributed by atoms with Crippen LogP contribution in [0.4, 0.5) is 5.69 Å². The average molecular weight is 393 g/mol. The second-order valence-electron chi connectivity index (χ2n) is 5.82. The molecule has 0 fully saturated rings. The lowest BCUT2D eigenvalue weighted by Gasteiger charge is -2.08. The highest BCUT2D eigenvalue weighted by Gasteiger charge is 2.08. The molecule has 1 amide bonds. The van der Waals surface area contributed by atoms with Gasteiger partial charge in [-0.1, -0.05) is 24.3 Å². The Balaban J connectivity index is 1.75. The van der Waals surface area contributed by atoms with Gasteiger partial charge in [0.2, 0.25) is 10.0 Å². The minimum atomic E-state index is -3.31. The van der Waals surface area contributed by atoms with Crippen LogP contribution in [-0.4, -0.2) is 32.4 Å². The summed E-state index contributed by atoms with van der Waals surface area (Å²) < 4.78 is 25.5. The number of carbonyl (C=O) groups is 1. The predicted molar refractivity (Wildman–Crippen MR) is 109 cm³/mol. The number of carbonyl (C=O) groups excluding carboxylic acids is 1. The molecule has 7 heteroatoms. The fraction of sp³-hybridized carbons (Fsp3) is 0.316. The molecule has 0 aliphatic rings. The van der Waals surface area contributed by atoms with Crippen molar-refractivity contribution in [3.05, 3.63) is 65.2 Å². The topological polar surface area (TPSA) is 75.3 Å². The molecule has 140 valence electrons. The average Bonchev–Trinajstić information content (AvgIpc) is 2.63. The molecular weight excluding hydrogens is 368 g/mol. The van der Waals surface area contributed by atoms with E-state index < -0.39 is 10.0 Å². The van der Waals surface area contributed by atoms with Crippen molar-refractivity contribution >= 4 is 33.4 Å². The van der Waals surface area contributed by atoms with Crippen molar-refractivity contribution in [2.45, 2.75) is 19.6 Å². The number of sulfonamides is 1. The van der Waals surface area contributed by atoms with Crippen LogP contribution in [0.1, 0.15) is 28.4 Å². The molecule has 0 unspecified atom stereocenters. The van der Waals surface area contributed by atoms with E-state index in [9.17, 15) is 13.2 Å². The third-order valence-electron chi connectivity index (χ3n) is 3.85. The number of aryl methyl sites for hydroxylation is 1. The van der Waals surface area contributed by atoms with Crippen LogP contribution >= 0.6 is 11.8 Å². The van der Waals surface area contributed by atoms with Crippen molar-refractivity contribution in [1.29, 1.82) is 0 Å². The lowest BCUT2D eigenvalue weighted by Crippen LogP contribution is -2.25. The Morgan fingerprint density at radius 3 is 2.42 bits per heavy atom. The van der Waals surface area contributed by atoms with Crippen LogP contribution < -0.4 is 10.0 Å². The molecule has 0 aliphatic carbocycles. The number of rotatable bonds is 9. The number of hydrogen-bond acceptors (Lipinski definition) is 4. The molecule has 2 rings (SSSR count). The standard InChI is InChI=1S/C19H24N2O3S2/c1-3-26(23,24)21-18-10-8-16(9-11-18)19(22)20-12-13-25-14-17-7-5-4-6-15(17)2/h4-11,21H,3,12-14H2,1-2H3,(H,20,22). The second-order valence-corrected chi connectivity index (χ2v) is 8.93. The Labute approximate surface area is 159 Å². The van der Waals surface area contributed by atoms with E-state index >= 15 is 0 Å². The van der Waals surface area contributed by atoms with Crippen molar-refractivity contribution in [1.82, 2.24) is 5.32 Å². The van der Waals surface area contributed by atoms with Crippen LogP contribution in [0.2, 0.25) is 0 Å². The number of hydrogen-bond donors (Lipinski definition) is 2. The molecule has 0 spiro atoms. The van der Waals surface area contributed by atoms with Crippen molar-refractivity contribution in [2.75, 3.05) is 22.8 Å². The van der Waals surface area contributed by atoms with E-state index in [1.807, 2.05) is 12.1 Å². The number of anilines is 1. The molecule has 0 bridgehead atoms. The van der Waals surface area contributed by atoms with Crippen LogP contribution in [0.15, 0.2) is 48.5 Å². The highest BCUT2D eigenvalue weighted by molar-refractivity contribution is 7.98. The quantitative estimate of drug-likeness (QED) is 0.641. The van der Waals surface area contributed by atoms with E-state index in [0.717, 1.165) is 11.5 Å². The van der Waals surface area contributed by atoms with Crippen molar-refractivity contribution < 1.29 is 13.2 Å². The normalized spacial score (nSPS) is 11.2. The molecule has 2 aromatic rings. The van der Waals surface area contributed by atoms with Crippen molar-refractivity contribution in [3.63, 3.8) is 0 Å². The summed E-state index contributed by atoms with van der Waals surface area (Å²) in [5, 5.41) is 2.88. The van der Waals surface area contributed by atoms with Gasteiger partial charge in [-0.2, -0.15) is 11.8 Å². The maximum absolute atomic E-state index is 12.1. The Kier molecular flexibility index (Phi) is 7.53. The van der Waals surface area contributed by atoms with E-state index in [1.54, 1.807) is 43.0 Å². The van der Waals surface area contributed by atoms with Gasteiger partial charge in [-0.05, 0) is 49.2 Å². The summed E-state index contributed by atoms with van der Waals surface area (Å²) in [6.45, 7) is 4.25. The molecule has 0 aliphatic heterocycles. The van der Waals surface area contributed by atoms with E-state index in [4.69, 9.17) is 0 Å². The molecule has 0 aromatic heterocycles. The lowest BCUT2D eigenvalue weighted by atomic mass is 10.1. The van der Waals surface area contributed by atoms with Crippen LogP contribution in [-0.2, 0) is 15.8 Å². The summed E-state index contributed by atoms with van der Waals surface area (Å²) in [5.41, 5.74) is 3.56. The zero-order valence-electron chi connectivity index (χ0n) is 15.0. The largest absolute Gasteiger partial charge is 0.351 e.